The predicted molar refractivity (Wildman–Crippen MR) is 84.1 cm³/mol. The fourth-order valence-corrected chi connectivity index (χ4v) is 6.83. The van der Waals surface area contributed by atoms with E-state index in [1.165, 1.54) is 25.7 Å². The van der Waals surface area contributed by atoms with Crippen molar-refractivity contribution in [2.24, 2.45) is 34.5 Å². The first kappa shape index (κ1) is 15.0. The largest absolute Gasteiger partial charge is 0.465 e. The molecule has 22 heavy (non-hydrogen) atoms. The number of hydrogen-bond acceptors (Lipinski definition) is 3. The molecule has 3 aliphatic carbocycles. The second kappa shape index (κ2) is 4.49. The van der Waals surface area contributed by atoms with Gasteiger partial charge < -0.3 is 9.84 Å². The summed E-state index contributed by atoms with van der Waals surface area (Å²) >= 11 is 0. The number of carbonyl (C=O) groups excluding carboxylic acids is 1. The van der Waals surface area contributed by atoms with Crippen molar-refractivity contribution in [3.05, 3.63) is 0 Å². The Hall–Kier alpha value is -0.570. The maximum absolute atomic E-state index is 11.7. The zero-order valence-electron chi connectivity index (χ0n) is 14.2. The molecular weight excluding hydrogens is 276 g/mol. The summed E-state index contributed by atoms with van der Waals surface area (Å²) in [6, 6.07) is 0. The molecular formula is C19H30O3. The first-order chi connectivity index (χ1) is 10.3. The quantitative estimate of drug-likeness (QED) is 0.696. The average molecular weight is 306 g/mol. The Labute approximate surface area is 133 Å². The van der Waals surface area contributed by atoms with Crippen molar-refractivity contribution in [2.75, 3.05) is 6.61 Å². The van der Waals surface area contributed by atoms with E-state index in [9.17, 15) is 9.90 Å². The molecule has 0 bridgehead atoms. The molecule has 4 aliphatic rings. The highest BCUT2D eigenvalue weighted by atomic mass is 16.5. The van der Waals surface area contributed by atoms with Gasteiger partial charge in [-0.3, -0.25) is 4.79 Å². The third kappa shape index (κ3) is 1.75. The summed E-state index contributed by atoms with van der Waals surface area (Å²) in [5.74, 6) is 2.56. The number of carbonyl (C=O) groups is 1. The molecule has 4 fully saturated rings. The lowest BCUT2D eigenvalue weighted by atomic mass is 9.46. The lowest BCUT2D eigenvalue weighted by Gasteiger charge is -2.60. The Morgan fingerprint density at radius 3 is 2.55 bits per heavy atom. The molecule has 0 aromatic carbocycles. The SMILES string of the molecule is CC12COC(=O)CC1CCC1C2CCC2(C)C1CC[C@@]2(C)O. The second-order valence-corrected chi connectivity index (χ2v) is 9.29. The van der Waals surface area contributed by atoms with Gasteiger partial charge in [0.05, 0.1) is 12.2 Å². The molecule has 1 heterocycles. The molecule has 6 unspecified atom stereocenters. The van der Waals surface area contributed by atoms with Gasteiger partial charge in [-0.2, -0.15) is 0 Å². The van der Waals surface area contributed by atoms with Crippen molar-refractivity contribution in [3.8, 4) is 0 Å². The van der Waals surface area contributed by atoms with Crippen LogP contribution < -0.4 is 0 Å². The van der Waals surface area contributed by atoms with Gasteiger partial charge in [-0.25, -0.2) is 0 Å². The summed E-state index contributed by atoms with van der Waals surface area (Å²) in [5, 5.41) is 10.9. The second-order valence-electron chi connectivity index (χ2n) is 9.29. The van der Waals surface area contributed by atoms with Gasteiger partial charge in [0.25, 0.3) is 0 Å². The molecule has 0 aromatic heterocycles. The Bertz CT molecular complexity index is 499. The van der Waals surface area contributed by atoms with Gasteiger partial charge in [-0.05, 0) is 74.5 Å². The standard InChI is InChI=1S/C19H30O3/c1-17-11-22-16(20)10-12(17)4-5-13-14(17)6-8-18(2)15(13)7-9-19(18,3)21/h12-15,21H,4-11H2,1-3H3/t12?,13?,14?,15?,17?,18?,19-/m1/s1. The number of esters is 1. The number of fused-ring (bicyclic) bond motifs is 5. The van der Waals surface area contributed by atoms with Gasteiger partial charge in [0.15, 0.2) is 0 Å². The molecule has 1 N–H and O–H groups in total. The van der Waals surface area contributed by atoms with Crippen LogP contribution in [0, 0.1) is 34.5 Å². The molecule has 3 nitrogen and oxygen atoms in total. The number of ether oxygens (including phenoxy) is 1. The zero-order chi connectivity index (χ0) is 15.8. The highest BCUT2D eigenvalue weighted by Gasteiger charge is 2.63. The van der Waals surface area contributed by atoms with Gasteiger partial charge in [0.1, 0.15) is 0 Å². The molecule has 0 aromatic rings. The minimum Gasteiger partial charge on any atom is -0.465 e. The van der Waals surface area contributed by atoms with Crippen LogP contribution >= 0.6 is 0 Å². The zero-order valence-corrected chi connectivity index (χ0v) is 14.2. The molecule has 1 saturated heterocycles. The predicted octanol–water partition coefficient (Wildman–Crippen LogP) is 3.54. The Balaban J connectivity index is 1.65. The van der Waals surface area contributed by atoms with E-state index in [-0.39, 0.29) is 16.8 Å². The van der Waals surface area contributed by atoms with E-state index in [4.69, 9.17) is 4.74 Å². The fourth-order valence-electron chi connectivity index (χ4n) is 6.83. The third-order valence-electron chi connectivity index (χ3n) is 8.58. The first-order valence-corrected chi connectivity index (χ1v) is 9.16. The molecule has 7 atom stereocenters. The van der Waals surface area contributed by atoms with Gasteiger partial charge >= 0.3 is 5.97 Å². The average Bonchev–Trinajstić information content (AvgIpc) is 2.70. The fraction of sp³-hybridized carbons (Fsp3) is 0.947. The topological polar surface area (TPSA) is 46.5 Å². The lowest BCUT2D eigenvalue weighted by Crippen LogP contribution is -2.57. The molecule has 1 aliphatic heterocycles. The van der Waals surface area contributed by atoms with E-state index in [0.717, 1.165) is 12.8 Å². The van der Waals surface area contributed by atoms with Gasteiger partial charge in [-0.1, -0.05) is 13.8 Å². The van der Waals surface area contributed by atoms with Crippen LogP contribution in [0.3, 0.4) is 0 Å². The van der Waals surface area contributed by atoms with Crippen LogP contribution in [0.1, 0.15) is 65.7 Å². The van der Waals surface area contributed by atoms with Crippen LogP contribution in [-0.2, 0) is 9.53 Å². The summed E-state index contributed by atoms with van der Waals surface area (Å²) < 4.78 is 5.49. The number of rotatable bonds is 0. The van der Waals surface area contributed by atoms with Crippen LogP contribution in [0.5, 0.6) is 0 Å². The first-order valence-electron chi connectivity index (χ1n) is 9.16. The Morgan fingerprint density at radius 2 is 1.77 bits per heavy atom. The van der Waals surface area contributed by atoms with Crippen LogP contribution in [0.4, 0.5) is 0 Å². The Morgan fingerprint density at radius 1 is 1.05 bits per heavy atom. The maximum Gasteiger partial charge on any atom is 0.306 e. The maximum atomic E-state index is 11.7. The van der Waals surface area contributed by atoms with Crippen molar-refractivity contribution in [2.45, 2.75) is 71.3 Å². The molecule has 3 saturated carbocycles. The molecule has 124 valence electrons. The highest BCUT2D eigenvalue weighted by molar-refractivity contribution is 5.70. The molecule has 4 rings (SSSR count). The van der Waals surface area contributed by atoms with E-state index < -0.39 is 5.60 Å². The Kier molecular flexibility index (Phi) is 3.06. The molecule has 0 radical (unpaired) electrons. The minimum atomic E-state index is -0.501. The van der Waals surface area contributed by atoms with E-state index in [0.29, 0.717) is 36.7 Å². The van der Waals surface area contributed by atoms with Crippen molar-refractivity contribution in [1.29, 1.82) is 0 Å². The highest BCUT2D eigenvalue weighted by Crippen LogP contribution is 2.67. The molecule has 0 amide bonds. The summed E-state index contributed by atoms with van der Waals surface area (Å²) in [6.07, 6.45) is 7.48. The van der Waals surface area contributed by atoms with Crippen molar-refractivity contribution >= 4 is 5.97 Å². The number of aliphatic hydroxyl groups is 1. The van der Waals surface area contributed by atoms with E-state index in [1.807, 2.05) is 0 Å². The van der Waals surface area contributed by atoms with Gasteiger partial charge in [0, 0.05) is 11.8 Å². The lowest BCUT2D eigenvalue weighted by molar-refractivity contribution is -0.186. The smallest absolute Gasteiger partial charge is 0.306 e. The minimum absolute atomic E-state index is 0.00497. The van der Waals surface area contributed by atoms with E-state index in [1.54, 1.807) is 0 Å². The molecule has 3 heteroatoms. The number of cyclic esters (lactones) is 1. The van der Waals surface area contributed by atoms with Crippen molar-refractivity contribution in [3.63, 3.8) is 0 Å². The third-order valence-corrected chi connectivity index (χ3v) is 8.58. The van der Waals surface area contributed by atoms with Gasteiger partial charge in [-0.15, -0.1) is 0 Å². The van der Waals surface area contributed by atoms with E-state index >= 15 is 0 Å². The number of hydrogen-bond donors (Lipinski definition) is 1. The van der Waals surface area contributed by atoms with Crippen LogP contribution in [0.25, 0.3) is 0 Å². The van der Waals surface area contributed by atoms with Crippen LogP contribution in [0.15, 0.2) is 0 Å². The molecule has 0 spiro atoms. The van der Waals surface area contributed by atoms with Crippen LogP contribution in [-0.4, -0.2) is 23.3 Å². The van der Waals surface area contributed by atoms with Crippen molar-refractivity contribution < 1.29 is 14.6 Å². The van der Waals surface area contributed by atoms with Crippen molar-refractivity contribution in [1.82, 2.24) is 0 Å². The summed E-state index contributed by atoms with van der Waals surface area (Å²) in [5.41, 5.74) is -0.241. The summed E-state index contributed by atoms with van der Waals surface area (Å²) in [6.45, 7) is 7.38. The van der Waals surface area contributed by atoms with Crippen LogP contribution in [0.2, 0.25) is 0 Å². The normalized spacial score (nSPS) is 57.5. The van der Waals surface area contributed by atoms with Gasteiger partial charge in [0.2, 0.25) is 0 Å². The summed E-state index contributed by atoms with van der Waals surface area (Å²) in [4.78, 5) is 11.7. The summed E-state index contributed by atoms with van der Waals surface area (Å²) in [7, 11) is 0. The monoisotopic (exact) mass is 306 g/mol. The van der Waals surface area contributed by atoms with E-state index in [2.05, 4.69) is 20.8 Å².